The smallest absolute Gasteiger partial charge is 0.230 e. The zero-order valence-corrected chi connectivity index (χ0v) is 16.6. The van der Waals surface area contributed by atoms with Gasteiger partial charge in [0, 0.05) is 29.6 Å². The molecule has 144 valence electrons. The van der Waals surface area contributed by atoms with E-state index >= 15 is 0 Å². The van der Waals surface area contributed by atoms with Crippen molar-refractivity contribution in [2.24, 2.45) is 0 Å². The van der Waals surface area contributed by atoms with Crippen LogP contribution in [0.1, 0.15) is 5.56 Å². The minimum Gasteiger partial charge on any atom is -0.497 e. The van der Waals surface area contributed by atoms with Crippen LogP contribution in [0.15, 0.2) is 73.4 Å². The minimum atomic E-state index is 0.00588. The molecule has 0 radical (unpaired) electrons. The average Bonchev–Trinajstić information content (AvgIpc) is 3.17. The van der Waals surface area contributed by atoms with Crippen molar-refractivity contribution in [3.05, 3.63) is 79.0 Å². The predicted molar refractivity (Wildman–Crippen MR) is 115 cm³/mol. The predicted octanol–water partition coefficient (Wildman–Crippen LogP) is 4.08. The van der Waals surface area contributed by atoms with Gasteiger partial charge in [-0.05, 0) is 36.4 Å². The first-order chi connectivity index (χ1) is 13.7. The molecule has 0 fully saturated rings. The van der Waals surface area contributed by atoms with E-state index < -0.39 is 0 Å². The van der Waals surface area contributed by atoms with Crippen molar-refractivity contribution < 1.29 is 9.53 Å². The fourth-order valence-corrected chi connectivity index (χ4v) is 3.53. The van der Waals surface area contributed by atoms with E-state index in [0.29, 0.717) is 18.1 Å². The highest BCUT2D eigenvalue weighted by Gasteiger charge is 2.13. The number of nitrogens with zero attached hydrogens (tertiary/aromatic N) is 2. The van der Waals surface area contributed by atoms with E-state index in [1.807, 2.05) is 65.5 Å². The standard InChI is InChI=1S/C22H23N3O2S/c1-3-13-23-21(26)16-28-15-18-14-25(19-7-5-4-6-8-19)24-22(18)17-9-11-20(27-2)12-10-17/h3-12,14H,1,13,15-16H2,2H3,(H,23,26). The Morgan fingerprint density at radius 3 is 2.64 bits per heavy atom. The highest BCUT2D eigenvalue weighted by Crippen LogP contribution is 2.28. The summed E-state index contributed by atoms with van der Waals surface area (Å²) in [5.74, 6) is 1.90. The number of aromatic nitrogens is 2. The second-order valence-corrected chi connectivity index (χ2v) is 7.08. The number of para-hydroxylation sites is 1. The van der Waals surface area contributed by atoms with Gasteiger partial charge in [0.2, 0.25) is 5.91 Å². The number of hydrogen-bond donors (Lipinski definition) is 1. The quantitative estimate of drug-likeness (QED) is 0.557. The van der Waals surface area contributed by atoms with Gasteiger partial charge in [0.05, 0.1) is 24.2 Å². The Labute approximate surface area is 169 Å². The lowest BCUT2D eigenvalue weighted by Gasteiger charge is -2.05. The second kappa shape index (κ2) is 9.80. The molecule has 1 heterocycles. The summed E-state index contributed by atoms with van der Waals surface area (Å²) in [7, 11) is 1.65. The molecule has 1 amide bonds. The third-order valence-corrected chi connectivity index (χ3v) is 5.09. The van der Waals surface area contributed by atoms with E-state index in [2.05, 4.69) is 11.9 Å². The Bertz CT molecular complexity index is 921. The molecule has 0 aliphatic carbocycles. The Hall–Kier alpha value is -2.99. The Morgan fingerprint density at radius 2 is 1.96 bits per heavy atom. The Balaban J connectivity index is 1.82. The van der Waals surface area contributed by atoms with Crippen LogP contribution in [0.4, 0.5) is 0 Å². The highest BCUT2D eigenvalue weighted by atomic mass is 32.2. The zero-order chi connectivity index (χ0) is 19.8. The van der Waals surface area contributed by atoms with Gasteiger partial charge in [-0.2, -0.15) is 5.10 Å². The molecule has 0 spiro atoms. The summed E-state index contributed by atoms with van der Waals surface area (Å²) in [4.78, 5) is 11.8. The van der Waals surface area contributed by atoms with Crippen molar-refractivity contribution >= 4 is 17.7 Å². The largest absolute Gasteiger partial charge is 0.497 e. The topological polar surface area (TPSA) is 56.2 Å². The molecule has 0 bridgehead atoms. The first-order valence-corrected chi connectivity index (χ1v) is 10.1. The highest BCUT2D eigenvalue weighted by molar-refractivity contribution is 7.99. The summed E-state index contributed by atoms with van der Waals surface area (Å²) in [6.45, 7) is 4.10. The first-order valence-electron chi connectivity index (χ1n) is 8.95. The molecule has 6 heteroatoms. The molecule has 3 aromatic rings. The van der Waals surface area contributed by atoms with E-state index in [1.165, 1.54) is 0 Å². The Morgan fingerprint density at radius 1 is 1.21 bits per heavy atom. The van der Waals surface area contributed by atoms with Crippen molar-refractivity contribution in [2.45, 2.75) is 5.75 Å². The number of amides is 1. The SMILES string of the molecule is C=CCNC(=O)CSCc1cn(-c2ccccc2)nc1-c1ccc(OC)cc1. The normalized spacial score (nSPS) is 10.5. The minimum absolute atomic E-state index is 0.00588. The van der Waals surface area contributed by atoms with E-state index in [1.54, 1.807) is 24.9 Å². The summed E-state index contributed by atoms with van der Waals surface area (Å²) in [6.07, 6.45) is 3.71. The lowest BCUT2D eigenvalue weighted by Crippen LogP contribution is -2.24. The molecular formula is C22H23N3O2S. The van der Waals surface area contributed by atoms with Crippen LogP contribution in [0.5, 0.6) is 5.75 Å². The number of nitrogens with one attached hydrogen (secondary N) is 1. The number of carbonyl (C=O) groups excluding carboxylic acids is 1. The van der Waals surface area contributed by atoms with Crippen molar-refractivity contribution in [1.82, 2.24) is 15.1 Å². The molecule has 0 aliphatic heterocycles. The van der Waals surface area contributed by atoms with Crippen LogP contribution in [0.25, 0.3) is 16.9 Å². The van der Waals surface area contributed by atoms with Crippen molar-refractivity contribution in [2.75, 3.05) is 19.4 Å². The number of ether oxygens (including phenoxy) is 1. The number of benzene rings is 2. The molecule has 2 aromatic carbocycles. The number of rotatable bonds is 9. The van der Waals surface area contributed by atoms with E-state index in [4.69, 9.17) is 9.84 Å². The van der Waals surface area contributed by atoms with Crippen LogP contribution in [-0.4, -0.2) is 35.1 Å². The van der Waals surface area contributed by atoms with Crippen LogP contribution < -0.4 is 10.1 Å². The molecule has 1 N–H and O–H groups in total. The summed E-state index contributed by atoms with van der Waals surface area (Å²) >= 11 is 1.57. The van der Waals surface area contributed by atoms with Crippen molar-refractivity contribution in [3.63, 3.8) is 0 Å². The average molecular weight is 394 g/mol. The van der Waals surface area contributed by atoms with Gasteiger partial charge in [-0.25, -0.2) is 4.68 Å². The molecule has 0 aliphatic rings. The molecular weight excluding hydrogens is 370 g/mol. The molecule has 0 saturated heterocycles. The molecule has 0 unspecified atom stereocenters. The molecule has 0 atom stereocenters. The van der Waals surface area contributed by atoms with Gasteiger partial charge in [0.15, 0.2) is 0 Å². The maximum atomic E-state index is 11.8. The van der Waals surface area contributed by atoms with Gasteiger partial charge in [0.25, 0.3) is 0 Å². The molecule has 1 aromatic heterocycles. The lowest BCUT2D eigenvalue weighted by molar-refractivity contribution is -0.118. The van der Waals surface area contributed by atoms with E-state index in [-0.39, 0.29) is 5.91 Å². The van der Waals surface area contributed by atoms with Crippen LogP contribution in [0.2, 0.25) is 0 Å². The third-order valence-electron chi connectivity index (χ3n) is 4.11. The monoisotopic (exact) mass is 393 g/mol. The number of hydrogen-bond acceptors (Lipinski definition) is 4. The molecule has 28 heavy (non-hydrogen) atoms. The van der Waals surface area contributed by atoms with Crippen LogP contribution in [-0.2, 0) is 10.5 Å². The maximum absolute atomic E-state index is 11.8. The fraction of sp³-hybridized carbons (Fsp3) is 0.182. The molecule has 3 rings (SSSR count). The molecule has 5 nitrogen and oxygen atoms in total. The first kappa shape index (κ1) is 19.8. The lowest BCUT2D eigenvalue weighted by atomic mass is 10.1. The van der Waals surface area contributed by atoms with E-state index in [9.17, 15) is 4.79 Å². The number of carbonyl (C=O) groups is 1. The van der Waals surface area contributed by atoms with Crippen molar-refractivity contribution in [3.8, 4) is 22.7 Å². The second-order valence-electron chi connectivity index (χ2n) is 6.10. The third kappa shape index (κ3) is 5.04. The van der Waals surface area contributed by atoms with Crippen LogP contribution >= 0.6 is 11.8 Å². The summed E-state index contributed by atoms with van der Waals surface area (Å²) < 4.78 is 7.13. The zero-order valence-electron chi connectivity index (χ0n) is 15.8. The Kier molecular flexibility index (Phi) is 6.92. The summed E-state index contributed by atoms with van der Waals surface area (Å²) in [6, 6.07) is 17.9. The van der Waals surface area contributed by atoms with E-state index in [0.717, 1.165) is 28.3 Å². The van der Waals surface area contributed by atoms with Crippen molar-refractivity contribution in [1.29, 1.82) is 0 Å². The van der Waals surface area contributed by atoms with Gasteiger partial charge in [-0.1, -0.05) is 24.3 Å². The summed E-state index contributed by atoms with van der Waals surface area (Å²) in [5, 5.41) is 7.60. The van der Waals surface area contributed by atoms with Gasteiger partial charge in [0.1, 0.15) is 5.75 Å². The van der Waals surface area contributed by atoms with Crippen LogP contribution in [0, 0.1) is 0 Å². The van der Waals surface area contributed by atoms with Gasteiger partial charge < -0.3 is 10.1 Å². The summed E-state index contributed by atoms with van der Waals surface area (Å²) in [5.41, 5.74) is 4.00. The van der Waals surface area contributed by atoms with Gasteiger partial charge in [-0.3, -0.25) is 4.79 Å². The number of methoxy groups -OCH3 is 1. The number of thioether (sulfide) groups is 1. The maximum Gasteiger partial charge on any atom is 0.230 e. The molecule has 0 saturated carbocycles. The van der Waals surface area contributed by atoms with Gasteiger partial charge >= 0.3 is 0 Å². The van der Waals surface area contributed by atoms with Gasteiger partial charge in [-0.15, -0.1) is 18.3 Å². The van der Waals surface area contributed by atoms with Crippen LogP contribution in [0.3, 0.4) is 0 Å². The fourth-order valence-electron chi connectivity index (χ4n) is 2.71.